The number of epoxide rings is 1. The van der Waals surface area contributed by atoms with Crippen molar-refractivity contribution in [3.63, 3.8) is 0 Å². The van der Waals surface area contributed by atoms with E-state index in [1.165, 1.54) is 51.8 Å². The van der Waals surface area contributed by atoms with E-state index in [1.807, 2.05) is 0 Å². The molecule has 0 amide bonds. The molecule has 31 heavy (non-hydrogen) atoms. The second-order valence-corrected chi connectivity index (χ2v) is 29.4. The molecule has 0 aromatic carbocycles. The molecule has 0 bridgehead atoms. The van der Waals surface area contributed by atoms with Crippen molar-refractivity contribution < 1.29 is 14.3 Å². The summed E-state index contributed by atoms with van der Waals surface area (Å²) in [6, 6.07) is 0. The van der Waals surface area contributed by atoms with Crippen molar-refractivity contribution >= 4 is 26.7 Å². The van der Waals surface area contributed by atoms with Crippen molar-refractivity contribution in [2.75, 3.05) is 0 Å². The molecule has 1 aliphatic heterocycles. The second kappa shape index (κ2) is 13.5. The third-order valence-electron chi connectivity index (χ3n) is 7.56. The van der Waals surface area contributed by atoms with Gasteiger partial charge in [-0.3, -0.25) is 0 Å². The Bertz CT molecular complexity index is 507. The summed E-state index contributed by atoms with van der Waals surface area (Å²) in [4.78, 5) is 0. The van der Waals surface area contributed by atoms with Crippen molar-refractivity contribution in [3.05, 3.63) is 10.2 Å². The molecule has 1 rings (SSSR count). The van der Waals surface area contributed by atoms with E-state index in [0.29, 0.717) is 0 Å². The average Bonchev–Trinajstić information content (AvgIpc) is 3.44. The predicted octanol–water partition coefficient (Wildman–Crippen LogP) is 7.86. The van der Waals surface area contributed by atoms with Crippen LogP contribution >= 0.6 is 0 Å². The fraction of sp³-hybridized carbons (Fsp3) is 0.923. The van der Waals surface area contributed by atoms with E-state index in [1.54, 1.807) is 0 Å². The molecule has 3 nitrogen and oxygen atoms in total. The van der Waals surface area contributed by atoms with Crippen LogP contribution in [0.4, 0.5) is 0 Å². The van der Waals surface area contributed by atoms with Crippen LogP contribution in [-0.2, 0) is 9.16 Å². The molecule has 0 aromatic rings. The first-order valence-electron chi connectivity index (χ1n) is 13.1. The van der Waals surface area contributed by atoms with Crippen LogP contribution in [0.15, 0.2) is 10.2 Å². The number of hydrogen-bond donors (Lipinski definition) is 1. The zero-order valence-corrected chi connectivity index (χ0v) is 26.2. The van der Waals surface area contributed by atoms with Gasteiger partial charge in [-0.1, -0.05) is 0 Å². The van der Waals surface area contributed by atoms with Crippen molar-refractivity contribution in [3.8, 4) is 0 Å². The normalized spacial score (nSPS) is 22.1. The molecule has 5 heteroatoms. The summed E-state index contributed by atoms with van der Waals surface area (Å²) in [5.74, 6) is 0. The van der Waals surface area contributed by atoms with Gasteiger partial charge in [0.25, 0.3) is 0 Å². The molecule has 0 aliphatic carbocycles. The summed E-state index contributed by atoms with van der Waals surface area (Å²) >= 11 is -2.33. The molecule has 1 fully saturated rings. The molecule has 4 atom stereocenters. The molecule has 0 radical (unpaired) electrons. The van der Waals surface area contributed by atoms with Gasteiger partial charge in [0.05, 0.1) is 0 Å². The molecule has 1 heterocycles. The summed E-state index contributed by atoms with van der Waals surface area (Å²) in [6.45, 7) is 20.6. The van der Waals surface area contributed by atoms with Gasteiger partial charge in [0, 0.05) is 0 Å². The van der Waals surface area contributed by atoms with E-state index < -0.39 is 32.8 Å². The van der Waals surface area contributed by atoms with Crippen LogP contribution in [0.1, 0.15) is 93.4 Å². The van der Waals surface area contributed by atoms with Gasteiger partial charge < -0.3 is 0 Å². The van der Waals surface area contributed by atoms with Crippen LogP contribution in [0.3, 0.4) is 0 Å². The standard InChI is InChI=1S/C14H27O3Si.3C4H9.Sn/c1-8-11(15)13-12(16-13)9-10(2)17-18(6,7)14(3,4)5;3*1-3-4-2;/h1,8,10-13,15H,9H2,2-7H3;3*1,3-4H2,2H3;/t10-,11+,12+,13+;;;;/m0..../s1. The van der Waals surface area contributed by atoms with Crippen molar-refractivity contribution in [1.82, 2.24) is 0 Å². The molecule has 1 aliphatic rings. The van der Waals surface area contributed by atoms with Crippen LogP contribution in [0.2, 0.25) is 31.4 Å². The minimum atomic E-state index is -2.33. The molecule has 0 spiro atoms. The Morgan fingerprint density at radius 2 is 1.48 bits per heavy atom. The number of aliphatic hydroxyl groups is 1. The summed E-state index contributed by atoms with van der Waals surface area (Å²) < 4.78 is 19.3. The van der Waals surface area contributed by atoms with Crippen LogP contribution in [0, 0.1) is 0 Å². The van der Waals surface area contributed by atoms with E-state index in [2.05, 4.69) is 71.7 Å². The Labute approximate surface area is 199 Å². The maximum absolute atomic E-state index is 10.9. The summed E-state index contributed by atoms with van der Waals surface area (Å²) in [6.07, 6.45) is 10.8. The third kappa shape index (κ3) is 10.2. The van der Waals surface area contributed by atoms with Gasteiger partial charge in [0.2, 0.25) is 0 Å². The fourth-order valence-corrected chi connectivity index (χ4v) is 20.1. The number of hydrogen-bond acceptors (Lipinski definition) is 3. The zero-order valence-electron chi connectivity index (χ0n) is 22.3. The van der Waals surface area contributed by atoms with Gasteiger partial charge in [-0.25, -0.2) is 0 Å². The van der Waals surface area contributed by atoms with Gasteiger partial charge >= 0.3 is 200 Å². The molecular formula is C26H54O3SiSn. The third-order valence-corrected chi connectivity index (χ3v) is 26.3. The first-order chi connectivity index (χ1) is 14.4. The van der Waals surface area contributed by atoms with Crippen LogP contribution < -0.4 is 0 Å². The Balaban J connectivity index is 2.69. The summed E-state index contributed by atoms with van der Waals surface area (Å²) in [7, 11) is -1.76. The van der Waals surface area contributed by atoms with Gasteiger partial charge in [-0.2, -0.15) is 0 Å². The van der Waals surface area contributed by atoms with E-state index in [4.69, 9.17) is 9.16 Å². The molecule has 1 N–H and O–H groups in total. The number of rotatable bonds is 16. The molecule has 0 unspecified atom stereocenters. The van der Waals surface area contributed by atoms with Crippen LogP contribution in [0.25, 0.3) is 0 Å². The van der Waals surface area contributed by atoms with E-state index >= 15 is 0 Å². The van der Waals surface area contributed by atoms with Crippen molar-refractivity contribution in [2.45, 2.75) is 149 Å². The first-order valence-corrected chi connectivity index (χ1v) is 23.7. The molecule has 1 saturated heterocycles. The van der Waals surface area contributed by atoms with E-state index in [-0.39, 0.29) is 23.4 Å². The van der Waals surface area contributed by atoms with Gasteiger partial charge in [-0.05, 0) is 0 Å². The van der Waals surface area contributed by atoms with Gasteiger partial charge in [-0.15, -0.1) is 0 Å². The predicted molar refractivity (Wildman–Crippen MR) is 141 cm³/mol. The van der Waals surface area contributed by atoms with Crippen molar-refractivity contribution in [2.24, 2.45) is 0 Å². The minimum absolute atomic E-state index is 0.0331. The number of aliphatic hydroxyl groups excluding tert-OH is 1. The molecule has 0 saturated carbocycles. The summed E-state index contributed by atoms with van der Waals surface area (Å²) in [5.41, 5.74) is 0. The van der Waals surface area contributed by atoms with Gasteiger partial charge in [0.15, 0.2) is 0 Å². The Morgan fingerprint density at radius 1 is 1.00 bits per heavy atom. The monoisotopic (exact) mass is 562 g/mol. The number of ether oxygens (including phenoxy) is 1. The SMILES string of the molecule is CCC[CH2][Sn](/[CH]=C/[C@@H](O)[C@H]1O[C@@H]1C[C@H](C)O[Si](C)(C)C(C)(C)C)([CH2]CCC)[CH2]CCC. The Kier molecular flexibility index (Phi) is 12.9. The summed E-state index contributed by atoms with van der Waals surface area (Å²) in [5, 5.41) is 11.1. The quantitative estimate of drug-likeness (QED) is 0.154. The Hall–Kier alpha value is 0.636. The Morgan fingerprint density at radius 3 is 1.90 bits per heavy atom. The number of unbranched alkanes of at least 4 members (excludes halogenated alkanes) is 3. The molecule has 184 valence electrons. The van der Waals surface area contributed by atoms with Crippen molar-refractivity contribution in [1.29, 1.82) is 0 Å². The maximum atomic E-state index is 10.9. The topological polar surface area (TPSA) is 42.0 Å². The molecule has 0 aromatic heterocycles. The average molecular weight is 562 g/mol. The first kappa shape index (κ1) is 29.7. The zero-order chi connectivity index (χ0) is 23.7. The van der Waals surface area contributed by atoms with Crippen LogP contribution in [0.5, 0.6) is 0 Å². The fourth-order valence-electron chi connectivity index (χ4n) is 4.33. The molecular weight excluding hydrogens is 507 g/mol. The second-order valence-electron chi connectivity index (χ2n) is 11.6. The van der Waals surface area contributed by atoms with E-state index in [0.717, 1.165) is 6.42 Å². The van der Waals surface area contributed by atoms with Gasteiger partial charge in [0.1, 0.15) is 0 Å². The van der Waals surface area contributed by atoms with E-state index in [9.17, 15) is 5.11 Å². The van der Waals surface area contributed by atoms with Crippen LogP contribution in [-0.4, -0.2) is 56.2 Å².